The molecule has 1 aliphatic heterocycles. The topological polar surface area (TPSA) is 28.2 Å². The van der Waals surface area contributed by atoms with Gasteiger partial charge in [-0.1, -0.05) is 18.2 Å². The second-order valence-electron chi connectivity index (χ2n) is 5.11. The fourth-order valence-electron chi connectivity index (χ4n) is 2.73. The molecule has 2 aromatic rings. The van der Waals surface area contributed by atoms with Gasteiger partial charge in [-0.3, -0.25) is 0 Å². The first-order valence-electron chi connectivity index (χ1n) is 7.10. The Morgan fingerprint density at radius 3 is 2.76 bits per heavy atom. The maximum absolute atomic E-state index is 14.2. The van der Waals surface area contributed by atoms with Gasteiger partial charge in [0.05, 0.1) is 0 Å². The van der Waals surface area contributed by atoms with Crippen LogP contribution in [-0.4, -0.2) is 18.6 Å². The molecule has 0 radical (unpaired) electrons. The zero-order valence-corrected chi connectivity index (χ0v) is 11.9. The van der Waals surface area contributed by atoms with E-state index in [0.717, 1.165) is 31.0 Å². The molecule has 3 nitrogen and oxygen atoms in total. The lowest BCUT2D eigenvalue weighted by Crippen LogP contribution is -2.21. The normalized spacial score (nSPS) is 14.5. The Kier molecular flexibility index (Phi) is 3.73. The molecule has 1 aliphatic rings. The number of nitrogens with one attached hydrogen (secondary N) is 1. The summed E-state index contributed by atoms with van der Waals surface area (Å²) in [6, 6.07) is 8.81. The van der Waals surface area contributed by atoms with E-state index < -0.39 is 11.6 Å². The third-order valence-electron chi connectivity index (χ3n) is 3.76. The first kappa shape index (κ1) is 13.8. The minimum atomic E-state index is -0.679. The number of para-hydroxylation sites is 1. The molecule has 0 aliphatic carbocycles. The van der Waals surface area contributed by atoms with Gasteiger partial charge in [0.1, 0.15) is 0 Å². The monoisotopic (exact) mass is 289 g/mol. The van der Waals surface area contributed by atoms with Crippen LogP contribution in [0.25, 0.3) is 0 Å². The molecule has 0 bridgehead atoms. The van der Waals surface area contributed by atoms with Crippen LogP contribution in [0, 0.1) is 11.6 Å². The van der Waals surface area contributed by atoms with Crippen LogP contribution < -0.4 is 10.2 Å². The highest BCUT2D eigenvalue weighted by atomic mass is 19.1. The van der Waals surface area contributed by atoms with Crippen LogP contribution >= 0.6 is 0 Å². The predicted molar refractivity (Wildman–Crippen MR) is 80.1 cm³/mol. The van der Waals surface area contributed by atoms with Gasteiger partial charge in [-0.2, -0.15) is 0 Å². The third kappa shape index (κ3) is 2.55. The second-order valence-corrected chi connectivity index (χ2v) is 5.11. The Morgan fingerprint density at radius 2 is 1.95 bits per heavy atom. The van der Waals surface area contributed by atoms with Gasteiger partial charge in [0, 0.05) is 25.3 Å². The van der Waals surface area contributed by atoms with Gasteiger partial charge in [0.25, 0.3) is 0 Å². The number of pyridine rings is 1. The fraction of sp³-hybridized carbons (Fsp3) is 0.312. The molecule has 21 heavy (non-hydrogen) atoms. The van der Waals surface area contributed by atoms with Crippen molar-refractivity contribution in [3.05, 3.63) is 47.5 Å². The number of aryl methyl sites for hydroxylation is 1. The number of aromatic nitrogens is 1. The number of rotatable bonds is 2. The Labute approximate surface area is 122 Å². The molecule has 0 spiro atoms. The SMILES string of the molecule is CNc1nc(N2CCCCc3ccccc32)c(F)cc1F. The van der Waals surface area contributed by atoms with Crippen molar-refractivity contribution in [1.29, 1.82) is 0 Å². The van der Waals surface area contributed by atoms with Crippen molar-refractivity contribution >= 4 is 17.3 Å². The molecule has 0 unspecified atom stereocenters. The third-order valence-corrected chi connectivity index (χ3v) is 3.76. The molecular weight excluding hydrogens is 272 g/mol. The van der Waals surface area contributed by atoms with E-state index in [4.69, 9.17) is 0 Å². The summed E-state index contributed by atoms with van der Waals surface area (Å²) in [5.74, 6) is -1.08. The average molecular weight is 289 g/mol. The van der Waals surface area contributed by atoms with E-state index in [2.05, 4.69) is 10.3 Å². The second kappa shape index (κ2) is 5.68. The average Bonchev–Trinajstić information content (AvgIpc) is 2.70. The molecule has 1 aromatic carbocycles. The molecule has 3 rings (SSSR count). The zero-order chi connectivity index (χ0) is 14.8. The van der Waals surface area contributed by atoms with E-state index in [0.29, 0.717) is 6.54 Å². The van der Waals surface area contributed by atoms with Crippen LogP contribution in [0.3, 0.4) is 0 Å². The zero-order valence-electron chi connectivity index (χ0n) is 11.9. The standard InChI is InChI=1S/C16H17F2N3/c1-19-15-12(17)10-13(18)16(20-15)21-9-5-4-7-11-6-2-3-8-14(11)21/h2-3,6,8,10H,4-5,7,9H2,1H3,(H,19,20). The molecule has 0 saturated carbocycles. The van der Waals surface area contributed by atoms with Crippen LogP contribution in [0.4, 0.5) is 26.1 Å². The number of hydrogen-bond donors (Lipinski definition) is 1. The number of fused-ring (bicyclic) bond motifs is 1. The van der Waals surface area contributed by atoms with E-state index >= 15 is 0 Å². The summed E-state index contributed by atoms with van der Waals surface area (Å²) in [5.41, 5.74) is 2.13. The van der Waals surface area contributed by atoms with Crippen LogP contribution in [0.15, 0.2) is 30.3 Å². The Bertz CT molecular complexity index is 658. The maximum atomic E-state index is 14.2. The number of nitrogens with zero attached hydrogens (tertiary/aromatic N) is 2. The van der Waals surface area contributed by atoms with Crippen molar-refractivity contribution in [3.8, 4) is 0 Å². The number of halogens is 2. The summed E-state index contributed by atoms with van der Waals surface area (Å²) >= 11 is 0. The molecule has 1 aromatic heterocycles. The molecule has 0 atom stereocenters. The van der Waals surface area contributed by atoms with Crippen LogP contribution in [0.5, 0.6) is 0 Å². The Balaban J connectivity index is 2.12. The van der Waals surface area contributed by atoms with Crippen LogP contribution in [0.2, 0.25) is 0 Å². The number of hydrogen-bond acceptors (Lipinski definition) is 3. The van der Waals surface area contributed by atoms with Crippen molar-refractivity contribution in [2.24, 2.45) is 0 Å². The lowest BCUT2D eigenvalue weighted by atomic mass is 10.1. The first-order valence-corrected chi connectivity index (χ1v) is 7.10. The molecule has 5 heteroatoms. The van der Waals surface area contributed by atoms with Crippen LogP contribution in [0.1, 0.15) is 18.4 Å². The summed E-state index contributed by atoms with van der Waals surface area (Å²) in [7, 11) is 1.57. The highest BCUT2D eigenvalue weighted by Crippen LogP contribution is 2.34. The molecule has 0 fully saturated rings. The van der Waals surface area contributed by atoms with Gasteiger partial charge in [0.15, 0.2) is 23.3 Å². The highest BCUT2D eigenvalue weighted by Gasteiger charge is 2.22. The van der Waals surface area contributed by atoms with Gasteiger partial charge in [-0.25, -0.2) is 13.8 Å². The van der Waals surface area contributed by atoms with Crippen molar-refractivity contribution in [3.63, 3.8) is 0 Å². The van der Waals surface area contributed by atoms with E-state index in [-0.39, 0.29) is 11.6 Å². The highest BCUT2D eigenvalue weighted by molar-refractivity contribution is 5.66. The number of benzene rings is 1. The number of anilines is 3. The Morgan fingerprint density at radius 1 is 1.14 bits per heavy atom. The van der Waals surface area contributed by atoms with Gasteiger partial charge in [-0.05, 0) is 30.9 Å². The summed E-state index contributed by atoms with van der Waals surface area (Å²) in [6.07, 6.45) is 2.96. The summed E-state index contributed by atoms with van der Waals surface area (Å²) in [4.78, 5) is 5.96. The minimum Gasteiger partial charge on any atom is -0.371 e. The van der Waals surface area contributed by atoms with Gasteiger partial charge in [-0.15, -0.1) is 0 Å². The van der Waals surface area contributed by atoms with E-state index in [9.17, 15) is 8.78 Å². The molecule has 0 amide bonds. The van der Waals surface area contributed by atoms with E-state index in [1.54, 1.807) is 7.05 Å². The maximum Gasteiger partial charge on any atom is 0.171 e. The largest absolute Gasteiger partial charge is 0.371 e. The van der Waals surface area contributed by atoms with Crippen LogP contribution in [-0.2, 0) is 6.42 Å². The van der Waals surface area contributed by atoms with Crippen molar-refractivity contribution < 1.29 is 8.78 Å². The molecular formula is C16H17F2N3. The van der Waals surface area contributed by atoms with Gasteiger partial charge in [0.2, 0.25) is 0 Å². The van der Waals surface area contributed by atoms with E-state index in [1.807, 2.05) is 29.2 Å². The van der Waals surface area contributed by atoms with Gasteiger partial charge >= 0.3 is 0 Å². The van der Waals surface area contributed by atoms with E-state index in [1.165, 1.54) is 5.56 Å². The van der Waals surface area contributed by atoms with Gasteiger partial charge < -0.3 is 10.2 Å². The van der Waals surface area contributed by atoms with Crippen molar-refractivity contribution in [2.75, 3.05) is 23.8 Å². The predicted octanol–water partition coefficient (Wildman–Crippen LogP) is 3.88. The molecule has 110 valence electrons. The smallest absolute Gasteiger partial charge is 0.171 e. The van der Waals surface area contributed by atoms with Crippen molar-refractivity contribution in [1.82, 2.24) is 4.98 Å². The fourth-order valence-corrected chi connectivity index (χ4v) is 2.73. The van der Waals surface area contributed by atoms with Crippen molar-refractivity contribution in [2.45, 2.75) is 19.3 Å². The lowest BCUT2D eigenvalue weighted by molar-refractivity contribution is 0.574. The summed E-state index contributed by atoms with van der Waals surface area (Å²) in [6.45, 7) is 0.676. The molecule has 2 heterocycles. The summed E-state index contributed by atoms with van der Waals surface area (Å²) in [5, 5.41) is 2.66. The molecule has 1 N–H and O–H groups in total. The minimum absolute atomic E-state index is 0.0631. The summed E-state index contributed by atoms with van der Waals surface area (Å²) < 4.78 is 27.8. The Hall–Kier alpha value is -2.17. The molecule has 0 saturated heterocycles. The quantitative estimate of drug-likeness (QED) is 0.909. The lowest BCUT2D eigenvalue weighted by Gasteiger charge is -2.24. The first-order chi connectivity index (χ1) is 10.2.